The Balaban J connectivity index is 1.85. The first-order chi connectivity index (χ1) is 9.69. The van der Waals surface area contributed by atoms with Crippen LogP contribution in [0.2, 0.25) is 0 Å². The lowest BCUT2D eigenvalue weighted by Gasteiger charge is -2.12. The van der Waals surface area contributed by atoms with E-state index in [2.05, 4.69) is 5.32 Å². The number of amides is 1. The van der Waals surface area contributed by atoms with Crippen molar-refractivity contribution < 1.29 is 9.53 Å². The van der Waals surface area contributed by atoms with Gasteiger partial charge in [0.25, 0.3) is 0 Å². The Morgan fingerprint density at radius 3 is 2.90 bits per heavy atom. The van der Waals surface area contributed by atoms with E-state index in [-0.39, 0.29) is 5.91 Å². The topological polar surface area (TPSA) is 64.3 Å². The van der Waals surface area contributed by atoms with Crippen LogP contribution in [-0.2, 0) is 4.79 Å². The third-order valence-corrected chi connectivity index (χ3v) is 4.45. The van der Waals surface area contributed by atoms with Gasteiger partial charge in [0.15, 0.2) is 0 Å². The summed E-state index contributed by atoms with van der Waals surface area (Å²) in [6.07, 6.45) is 4.67. The van der Waals surface area contributed by atoms with Gasteiger partial charge >= 0.3 is 0 Å². The summed E-state index contributed by atoms with van der Waals surface area (Å²) in [6, 6.07) is 5.94. The summed E-state index contributed by atoms with van der Waals surface area (Å²) < 4.78 is 5.45. The van der Waals surface area contributed by atoms with Crippen LogP contribution in [0, 0.1) is 0 Å². The Kier molecular flexibility index (Phi) is 5.59. The fourth-order valence-corrected chi connectivity index (χ4v) is 3.18. The Morgan fingerprint density at radius 2 is 2.20 bits per heavy atom. The molecule has 0 radical (unpaired) electrons. The zero-order valence-corrected chi connectivity index (χ0v) is 12.7. The molecule has 1 fully saturated rings. The first-order valence-electron chi connectivity index (χ1n) is 7.13. The van der Waals surface area contributed by atoms with E-state index in [1.165, 1.54) is 24.6 Å². The fourth-order valence-electron chi connectivity index (χ4n) is 2.38. The summed E-state index contributed by atoms with van der Waals surface area (Å²) in [5.74, 6) is 1.28. The molecule has 20 heavy (non-hydrogen) atoms. The average Bonchev–Trinajstić information content (AvgIpc) is 2.92. The van der Waals surface area contributed by atoms with Gasteiger partial charge in [-0.3, -0.25) is 4.79 Å². The third-order valence-electron chi connectivity index (χ3n) is 3.38. The molecule has 0 heterocycles. The van der Waals surface area contributed by atoms with Gasteiger partial charge in [-0.05, 0) is 38.0 Å². The predicted octanol–water partition coefficient (Wildman–Crippen LogP) is 2.82. The summed E-state index contributed by atoms with van der Waals surface area (Å²) in [5, 5.41) is 3.08. The largest absolute Gasteiger partial charge is 0.494 e. The van der Waals surface area contributed by atoms with Crippen LogP contribution in [0.1, 0.15) is 32.6 Å². The van der Waals surface area contributed by atoms with Crippen LogP contribution in [0.3, 0.4) is 0 Å². The zero-order valence-electron chi connectivity index (χ0n) is 11.9. The number of carbonyl (C=O) groups is 1. The lowest BCUT2D eigenvalue weighted by atomic mass is 10.2. The van der Waals surface area contributed by atoms with E-state index in [9.17, 15) is 4.79 Å². The number of thioether (sulfide) groups is 1. The van der Waals surface area contributed by atoms with Crippen LogP contribution in [0.25, 0.3) is 0 Å². The monoisotopic (exact) mass is 294 g/mol. The van der Waals surface area contributed by atoms with Crippen molar-refractivity contribution >= 4 is 23.4 Å². The van der Waals surface area contributed by atoms with Crippen LogP contribution >= 0.6 is 11.8 Å². The van der Waals surface area contributed by atoms with Crippen molar-refractivity contribution in [2.24, 2.45) is 0 Å². The van der Waals surface area contributed by atoms with Crippen LogP contribution in [0.4, 0.5) is 5.69 Å². The summed E-state index contributed by atoms with van der Waals surface area (Å²) in [6.45, 7) is 2.56. The first-order valence-corrected chi connectivity index (χ1v) is 8.12. The molecule has 0 atom stereocenters. The average molecular weight is 294 g/mol. The molecule has 1 aromatic carbocycles. The quantitative estimate of drug-likeness (QED) is 0.625. The van der Waals surface area contributed by atoms with E-state index in [0.717, 1.165) is 23.5 Å². The molecule has 0 bridgehead atoms. The highest BCUT2D eigenvalue weighted by molar-refractivity contribution is 8.00. The maximum absolute atomic E-state index is 11.9. The molecule has 1 saturated carbocycles. The Labute approximate surface area is 124 Å². The second-order valence-electron chi connectivity index (χ2n) is 4.97. The molecule has 0 aliphatic heterocycles. The number of nitrogen functional groups attached to an aromatic ring is 1. The molecule has 0 aromatic heterocycles. The fraction of sp³-hybridized carbons (Fsp3) is 0.533. The summed E-state index contributed by atoms with van der Waals surface area (Å²) in [4.78, 5) is 12.8. The number of benzene rings is 1. The highest BCUT2D eigenvalue weighted by atomic mass is 32.2. The maximum Gasteiger partial charge on any atom is 0.230 e. The molecule has 0 saturated heterocycles. The molecule has 1 amide bonds. The van der Waals surface area contributed by atoms with Crippen molar-refractivity contribution in [1.82, 2.24) is 5.32 Å². The minimum Gasteiger partial charge on any atom is -0.494 e. The molecular weight excluding hydrogens is 272 g/mol. The minimum atomic E-state index is 0.0862. The molecule has 1 aliphatic rings. The van der Waals surface area contributed by atoms with Crippen LogP contribution in [-0.4, -0.2) is 24.3 Å². The second-order valence-corrected chi connectivity index (χ2v) is 5.99. The molecule has 0 spiro atoms. The van der Waals surface area contributed by atoms with Gasteiger partial charge in [-0.25, -0.2) is 0 Å². The summed E-state index contributed by atoms with van der Waals surface area (Å²) in [7, 11) is 0. The van der Waals surface area contributed by atoms with Gasteiger partial charge in [-0.2, -0.15) is 0 Å². The van der Waals surface area contributed by atoms with Crippen LogP contribution in [0.5, 0.6) is 5.75 Å². The number of nitrogens with two attached hydrogens (primary N) is 1. The van der Waals surface area contributed by atoms with Gasteiger partial charge in [0, 0.05) is 16.6 Å². The van der Waals surface area contributed by atoms with Crippen molar-refractivity contribution in [3.63, 3.8) is 0 Å². The van der Waals surface area contributed by atoms with E-state index in [0.29, 0.717) is 24.1 Å². The Bertz CT molecular complexity index is 459. The summed E-state index contributed by atoms with van der Waals surface area (Å²) in [5.41, 5.74) is 6.61. The normalized spacial score (nSPS) is 15.2. The Hall–Kier alpha value is -1.36. The lowest BCUT2D eigenvalue weighted by Crippen LogP contribution is -2.33. The Morgan fingerprint density at radius 1 is 1.45 bits per heavy atom. The smallest absolute Gasteiger partial charge is 0.230 e. The standard InChI is InChI=1S/C15H22N2O2S/c1-2-19-12-7-8-13(16)14(9-12)20-10-15(18)17-11-5-3-4-6-11/h7-9,11H,2-6,10,16H2,1H3,(H,17,18). The number of nitrogens with one attached hydrogen (secondary N) is 1. The van der Waals surface area contributed by atoms with Crippen molar-refractivity contribution in [3.8, 4) is 5.75 Å². The number of hydrogen-bond acceptors (Lipinski definition) is 4. The third kappa shape index (κ3) is 4.34. The minimum absolute atomic E-state index is 0.0862. The zero-order chi connectivity index (χ0) is 14.4. The van der Waals surface area contributed by atoms with Crippen LogP contribution in [0.15, 0.2) is 23.1 Å². The van der Waals surface area contributed by atoms with Crippen molar-refractivity contribution in [3.05, 3.63) is 18.2 Å². The predicted molar refractivity (Wildman–Crippen MR) is 83.1 cm³/mol. The van der Waals surface area contributed by atoms with Crippen LogP contribution < -0.4 is 15.8 Å². The number of carbonyl (C=O) groups excluding carboxylic acids is 1. The van der Waals surface area contributed by atoms with Gasteiger partial charge in [0.05, 0.1) is 12.4 Å². The molecular formula is C15H22N2O2S. The maximum atomic E-state index is 11.9. The first kappa shape index (κ1) is 15.0. The molecule has 0 unspecified atom stereocenters. The van der Waals surface area contributed by atoms with Crippen molar-refractivity contribution in [2.45, 2.75) is 43.5 Å². The van der Waals surface area contributed by atoms with Gasteiger partial charge in [-0.1, -0.05) is 12.8 Å². The second kappa shape index (κ2) is 7.43. The van der Waals surface area contributed by atoms with Crippen molar-refractivity contribution in [2.75, 3.05) is 18.1 Å². The van der Waals surface area contributed by atoms with E-state index >= 15 is 0 Å². The molecule has 5 heteroatoms. The highest BCUT2D eigenvalue weighted by Crippen LogP contribution is 2.29. The molecule has 4 nitrogen and oxygen atoms in total. The van der Waals surface area contributed by atoms with E-state index < -0.39 is 0 Å². The number of rotatable bonds is 6. The lowest BCUT2D eigenvalue weighted by molar-refractivity contribution is -0.119. The molecule has 1 aromatic rings. The molecule has 110 valence electrons. The molecule has 3 N–H and O–H groups in total. The molecule has 2 rings (SSSR count). The SMILES string of the molecule is CCOc1ccc(N)c(SCC(=O)NC2CCCC2)c1. The van der Waals surface area contributed by atoms with Gasteiger partial charge in [0.2, 0.25) is 5.91 Å². The van der Waals surface area contributed by atoms with E-state index in [1.54, 1.807) is 0 Å². The summed E-state index contributed by atoms with van der Waals surface area (Å²) >= 11 is 1.46. The number of hydrogen-bond donors (Lipinski definition) is 2. The number of ether oxygens (including phenoxy) is 1. The van der Waals surface area contributed by atoms with E-state index in [1.807, 2.05) is 25.1 Å². The van der Waals surface area contributed by atoms with Crippen molar-refractivity contribution in [1.29, 1.82) is 0 Å². The van der Waals surface area contributed by atoms with Gasteiger partial charge in [-0.15, -0.1) is 11.8 Å². The highest BCUT2D eigenvalue weighted by Gasteiger charge is 2.17. The number of anilines is 1. The van der Waals surface area contributed by atoms with Gasteiger partial charge in [0.1, 0.15) is 5.75 Å². The molecule has 1 aliphatic carbocycles. The van der Waals surface area contributed by atoms with Gasteiger partial charge < -0.3 is 15.8 Å². The van der Waals surface area contributed by atoms with E-state index in [4.69, 9.17) is 10.5 Å².